The van der Waals surface area contributed by atoms with E-state index < -0.39 is 33.7 Å². The third-order valence-corrected chi connectivity index (χ3v) is 3.19. The van der Waals surface area contributed by atoms with Crippen LogP contribution < -0.4 is 0 Å². The van der Waals surface area contributed by atoms with Gasteiger partial charge in [0.15, 0.2) is 11.6 Å². The first-order chi connectivity index (χ1) is 9.33. The number of hydrogen-bond donors (Lipinski definition) is 0. The second kappa shape index (κ2) is 6.40. The van der Waals surface area contributed by atoms with E-state index >= 15 is 0 Å². The van der Waals surface area contributed by atoms with Gasteiger partial charge in [0.1, 0.15) is 5.56 Å². The zero-order valence-corrected chi connectivity index (χ0v) is 11.5. The smallest absolute Gasteiger partial charge is 0.285 e. The number of nitrogens with zero attached hydrogens (tertiary/aromatic N) is 2. The summed E-state index contributed by atoms with van der Waals surface area (Å²) in [5.41, 5.74) is -1.16. The largest absolute Gasteiger partial charge is 0.336 e. The zero-order chi connectivity index (χ0) is 15.4. The maximum atomic E-state index is 13.3. The first kappa shape index (κ1) is 16.0. The predicted molar refractivity (Wildman–Crippen MR) is 69.5 cm³/mol. The van der Waals surface area contributed by atoms with E-state index in [2.05, 4.69) is 0 Å². The molecular formula is C13H16F2N2O3. The van der Waals surface area contributed by atoms with Gasteiger partial charge in [-0.2, -0.15) is 0 Å². The number of amides is 1. The molecule has 1 rings (SSSR count). The van der Waals surface area contributed by atoms with Gasteiger partial charge in [0, 0.05) is 12.6 Å². The van der Waals surface area contributed by atoms with Crippen LogP contribution in [0.25, 0.3) is 0 Å². The van der Waals surface area contributed by atoms with Crippen LogP contribution in [0.4, 0.5) is 14.5 Å². The van der Waals surface area contributed by atoms with Crippen molar-refractivity contribution in [2.24, 2.45) is 0 Å². The van der Waals surface area contributed by atoms with Gasteiger partial charge >= 0.3 is 0 Å². The summed E-state index contributed by atoms with van der Waals surface area (Å²) in [6, 6.07) is 0.869. The Morgan fingerprint density at radius 2 is 1.90 bits per heavy atom. The fraction of sp³-hybridized carbons (Fsp3) is 0.462. The predicted octanol–water partition coefficient (Wildman–Crippen LogP) is 3.13. The second-order valence-corrected chi connectivity index (χ2v) is 4.39. The van der Waals surface area contributed by atoms with E-state index in [1.165, 1.54) is 4.90 Å². The lowest BCUT2D eigenvalue weighted by molar-refractivity contribution is -0.385. The summed E-state index contributed by atoms with van der Waals surface area (Å²) in [5.74, 6) is -3.30. The van der Waals surface area contributed by atoms with Crippen LogP contribution in [0.5, 0.6) is 0 Å². The van der Waals surface area contributed by atoms with Crippen molar-refractivity contribution in [1.29, 1.82) is 0 Å². The van der Waals surface area contributed by atoms with Crippen molar-refractivity contribution in [3.8, 4) is 0 Å². The molecule has 7 heteroatoms. The summed E-state index contributed by atoms with van der Waals surface area (Å²) < 4.78 is 26.4. The van der Waals surface area contributed by atoms with Gasteiger partial charge in [0.2, 0.25) is 0 Å². The number of benzene rings is 1. The van der Waals surface area contributed by atoms with Crippen molar-refractivity contribution in [2.75, 3.05) is 6.54 Å². The van der Waals surface area contributed by atoms with E-state index in [-0.39, 0.29) is 6.04 Å². The molecule has 1 aromatic rings. The van der Waals surface area contributed by atoms with Crippen molar-refractivity contribution < 1.29 is 18.5 Å². The molecule has 0 bridgehead atoms. The molecule has 1 atom stereocenters. The molecule has 20 heavy (non-hydrogen) atoms. The Labute approximate surface area is 115 Å². The minimum atomic E-state index is -1.35. The first-order valence-electron chi connectivity index (χ1n) is 6.27. The lowest BCUT2D eigenvalue weighted by atomic mass is 10.1. The van der Waals surface area contributed by atoms with Gasteiger partial charge in [-0.3, -0.25) is 14.9 Å². The standard InChI is InChI=1S/C13H16F2N2O3/c1-4-8(3)16(5-2)13(18)9-6-10(14)11(15)7-12(9)17(19)20/h6-8H,4-5H2,1-3H3. The Balaban J connectivity index is 3.33. The van der Waals surface area contributed by atoms with Gasteiger partial charge < -0.3 is 4.90 Å². The molecule has 1 aromatic carbocycles. The summed E-state index contributed by atoms with van der Waals surface area (Å²) in [7, 11) is 0. The van der Waals surface area contributed by atoms with Gasteiger partial charge in [-0.25, -0.2) is 8.78 Å². The number of carbonyl (C=O) groups excluding carboxylic acids is 1. The van der Waals surface area contributed by atoms with Gasteiger partial charge in [0.25, 0.3) is 11.6 Å². The monoisotopic (exact) mass is 286 g/mol. The quantitative estimate of drug-likeness (QED) is 0.617. The Morgan fingerprint density at radius 1 is 1.35 bits per heavy atom. The number of nitro benzene ring substituents is 1. The fourth-order valence-electron chi connectivity index (χ4n) is 1.89. The van der Waals surface area contributed by atoms with Crippen LogP contribution in [-0.2, 0) is 0 Å². The molecule has 110 valence electrons. The second-order valence-electron chi connectivity index (χ2n) is 4.39. The van der Waals surface area contributed by atoms with Crippen LogP contribution in [-0.4, -0.2) is 28.3 Å². The number of rotatable bonds is 5. The molecule has 0 radical (unpaired) electrons. The van der Waals surface area contributed by atoms with E-state index in [0.717, 1.165) is 0 Å². The van der Waals surface area contributed by atoms with Crippen LogP contribution >= 0.6 is 0 Å². The highest BCUT2D eigenvalue weighted by atomic mass is 19.2. The molecule has 0 spiro atoms. The highest BCUT2D eigenvalue weighted by Crippen LogP contribution is 2.24. The highest BCUT2D eigenvalue weighted by molar-refractivity contribution is 5.98. The third kappa shape index (κ3) is 3.09. The van der Waals surface area contributed by atoms with Crippen LogP contribution in [0, 0.1) is 21.7 Å². The van der Waals surface area contributed by atoms with Gasteiger partial charge in [-0.1, -0.05) is 6.92 Å². The molecule has 0 saturated heterocycles. The fourth-order valence-corrected chi connectivity index (χ4v) is 1.89. The van der Waals surface area contributed by atoms with E-state index in [1.54, 1.807) is 13.8 Å². The SMILES string of the molecule is CCC(C)N(CC)C(=O)c1cc(F)c(F)cc1[N+](=O)[O-]. The maximum Gasteiger partial charge on any atom is 0.285 e. The van der Waals surface area contributed by atoms with Crippen LogP contribution in [0.15, 0.2) is 12.1 Å². The summed E-state index contributed by atoms with van der Waals surface area (Å²) in [6.07, 6.45) is 0.650. The van der Waals surface area contributed by atoms with E-state index in [1.807, 2.05) is 6.92 Å². The molecule has 0 aliphatic carbocycles. The number of nitro groups is 1. The van der Waals surface area contributed by atoms with Gasteiger partial charge in [0.05, 0.1) is 11.0 Å². The third-order valence-electron chi connectivity index (χ3n) is 3.19. The summed E-state index contributed by atoms with van der Waals surface area (Å²) in [5, 5.41) is 10.9. The minimum absolute atomic E-state index is 0.153. The topological polar surface area (TPSA) is 63.5 Å². The average molecular weight is 286 g/mol. The van der Waals surface area contributed by atoms with Gasteiger partial charge in [-0.05, 0) is 26.3 Å². The number of carbonyl (C=O) groups is 1. The van der Waals surface area contributed by atoms with Crippen molar-refractivity contribution in [3.63, 3.8) is 0 Å². The van der Waals surface area contributed by atoms with Crippen LogP contribution in [0.2, 0.25) is 0 Å². The molecule has 5 nitrogen and oxygen atoms in total. The zero-order valence-electron chi connectivity index (χ0n) is 11.5. The number of halogens is 2. The van der Waals surface area contributed by atoms with E-state index in [9.17, 15) is 23.7 Å². The molecule has 1 amide bonds. The maximum absolute atomic E-state index is 13.3. The molecule has 0 aliphatic heterocycles. The van der Waals surface area contributed by atoms with Crippen LogP contribution in [0.3, 0.4) is 0 Å². The summed E-state index contributed by atoms with van der Waals surface area (Å²) >= 11 is 0. The first-order valence-corrected chi connectivity index (χ1v) is 6.27. The Kier molecular flexibility index (Phi) is 5.12. The van der Waals surface area contributed by atoms with Crippen LogP contribution in [0.1, 0.15) is 37.6 Å². The van der Waals surface area contributed by atoms with Crippen molar-refractivity contribution in [3.05, 3.63) is 39.4 Å². The Morgan fingerprint density at radius 3 is 2.35 bits per heavy atom. The highest BCUT2D eigenvalue weighted by Gasteiger charge is 2.28. The molecule has 1 unspecified atom stereocenters. The van der Waals surface area contributed by atoms with E-state index in [0.29, 0.717) is 25.1 Å². The normalized spacial score (nSPS) is 12.1. The van der Waals surface area contributed by atoms with Crippen molar-refractivity contribution in [2.45, 2.75) is 33.2 Å². The van der Waals surface area contributed by atoms with E-state index in [4.69, 9.17) is 0 Å². The Hall–Kier alpha value is -2.05. The molecule has 0 N–H and O–H groups in total. The molecule has 0 heterocycles. The molecule has 0 fully saturated rings. The van der Waals surface area contributed by atoms with Crippen molar-refractivity contribution in [1.82, 2.24) is 4.90 Å². The van der Waals surface area contributed by atoms with Crippen molar-refractivity contribution >= 4 is 11.6 Å². The molecule has 0 aromatic heterocycles. The summed E-state index contributed by atoms with van der Waals surface area (Å²) in [4.78, 5) is 23.7. The molecule has 0 aliphatic rings. The average Bonchev–Trinajstić information content (AvgIpc) is 2.41. The van der Waals surface area contributed by atoms with Gasteiger partial charge in [-0.15, -0.1) is 0 Å². The number of hydrogen-bond acceptors (Lipinski definition) is 3. The molecular weight excluding hydrogens is 270 g/mol. The lowest BCUT2D eigenvalue weighted by Crippen LogP contribution is -2.38. The minimum Gasteiger partial charge on any atom is -0.336 e. The Bertz CT molecular complexity index is 535. The molecule has 0 saturated carbocycles. The summed E-state index contributed by atoms with van der Waals surface area (Å²) in [6.45, 7) is 5.69. The lowest BCUT2D eigenvalue weighted by Gasteiger charge is -2.27.